The Balaban J connectivity index is 1.88. The number of carbonyl (C=O) groups excluding carboxylic acids is 2. The third kappa shape index (κ3) is 2.28. The van der Waals surface area contributed by atoms with Gasteiger partial charge in [-0.3, -0.25) is 9.59 Å². The Kier molecular flexibility index (Phi) is 2.90. The van der Waals surface area contributed by atoms with E-state index < -0.39 is 6.04 Å². The van der Waals surface area contributed by atoms with E-state index in [4.69, 9.17) is 0 Å². The van der Waals surface area contributed by atoms with Gasteiger partial charge >= 0.3 is 0 Å². The second kappa shape index (κ2) is 4.58. The van der Waals surface area contributed by atoms with Gasteiger partial charge in [-0.1, -0.05) is 5.21 Å². The molecule has 3 heterocycles. The number of ketones is 1. The van der Waals surface area contributed by atoms with Crippen LogP contribution < -0.4 is 5.32 Å². The van der Waals surface area contributed by atoms with Crippen molar-refractivity contribution in [3.8, 4) is 11.3 Å². The molecule has 1 amide bonds. The number of nitrogens with zero attached hydrogens (tertiary/aromatic N) is 3. The monoisotopic (exact) mass is 276 g/mol. The second-order valence-electron chi connectivity index (χ2n) is 4.51. The first-order valence-electron chi connectivity index (χ1n) is 5.90. The number of hydrogen-bond acceptors (Lipinski definition) is 5. The van der Waals surface area contributed by atoms with Gasteiger partial charge in [0.15, 0.2) is 5.78 Å². The van der Waals surface area contributed by atoms with Crippen molar-refractivity contribution in [3.63, 3.8) is 0 Å². The van der Waals surface area contributed by atoms with Crippen LogP contribution in [0.25, 0.3) is 11.3 Å². The van der Waals surface area contributed by atoms with Gasteiger partial charge in [0.05, 0.1) is 12.7 Å². The van der Waals surface area contributed by atoms with E-state index >= 15 is 0 Å². The Morgan fingerprint density at radius 3 is 3.05 bits per heavy atom. The van der Waals surface area contributed by atoms with Crippen LogP contribution in [0.5, 0.6) is 0 Å². The van der Waals surface area contributed by atoms with E-state index in [1.807, 2.05) is 18.4 Å². The van der Waals surface area contributed by atoms with Gasteiger partial charge in [-0.15, -0.1) is 16.4 Å². The van der Waals surface area contributed by atoms with E-state index in [9.17, 15) is 9.59 Å². The first-order chi connectivity index (χ1) is 9.13. The molecule has 98 valence electrons. The standard InChI is InChI=1S/C12H12N4O2S/c1-7-2-8(6-19-7)10-5-16(15-14-10)11-3-9(17)4-13-12(11)18/h2,5-6,11H,3-4H2,1H3,(H,13,18). The van der Waals surface area contributed by atoms with E-state index in [0.29, 0.717) is 0 Å². The zero-order valence-electron chi connectivity index (χ0n) is 10.3. The van der Waals surface area contributed by atoms with E-state index in [1.165, 1.54) is 9.56 Å². The number of carbonyl (C=O) groups is 2. The predicted octanol–water partition coefficient (Wildman–Crippen LogP) is 0.945. The molecule has 0 bridgehead atoms. The number of hydrogen-bond donors (Lipinski definition) is 1. The summed E-state index contributed by atoms with van der Waals surface area (Å²) < 4.78 is 1.47. The molecule has 0 spiro atoms. The molecule has 0 aromatic carbocycles. The predicted molar refractivity (Wildman–Crippen MR) is 69.7 cm³/mol. The van der Waals surface area contributed by atoms with Crippen LogP contribution in [-0.4, -0.2) is 33.2 Å². The van der Waals surface area contributed by atoms with Gasteiger partial charge in [0, 0.05) is 22.2 Å². The summed E-state index contributed by atoms with van der Waals surface area (Å²) in [6.07, 6.45) is 1.89. The molecule has 7 heteroatoms. The molecule has 0 aliphatic carbocycles. The van der Waals surface area contributed by atoms with E-state index in [0.717, 1.165) is 11.3 Å². The van der Waals surface area contributed by atoms with Crippen molar-refractivity contribution in [1.29, 1.82) is 0 Å². The minimum absolute atomic E-state index is 0.00743. The Morgan fingerprint density at radius 2 is 2.32 bits per heavy atom. The van der Waals surface area contributed by atoms with Crippen LogP contribution in [0.4, 0.5) is 0 Å². The molecule has 1 N–H and O–H groups in total. The number of Topliss-reactive ketones (excluding diaryl/α,β-unsaturated/α-hetero) is 1. The van der Waals surface area contributed by atoms with Gasteiger partial charge < -0.3 is 5.32 Å². The summed E-state index contributed by atoms with van der Waals surface area (Å²) in [5, 5.41) is 12.6. The van der Waals surface area contributed by atoms with Crippen molar-refractivity contribution >= 4 is 23.0 Å². The van der Waals surface area contributed by atoms with Gasteiger partial charge in [0.2, 0.25) is 5.91 Å². The SMILES string of the molecule is Cc1cc(-c2cn(C3CC(=O)CNC3=O)nn2)cs1. The molecule has 2 aromatic rings. The molecule has 0 saturated carbocycles. The fourth-order valence-electron chi connectivity index (χ4n) is 2.04. The highest BCUT2D eigenvalue weighted by Gasteiger charge is 2.29. The molecule has 1 saturated heterocycles. The summed E-state index contributed by atoms with van der Waals surface area (Å²) in [6, 6.07) is 1.44. The highest BCUT2D eigenvalue weighted by atomic mass is 32.1. The van der Waals surface area contributed by atoms with E-state index in [1.54, 1.807) is 17.5 Å². The molecule has 0 radical (unpaired) electrons. The number of nitrogens with one attached hydrogen (secondary N) is 1. The van der Waals surface area contributed by atoms with Crippen LogP contribution in [0.15, 0.2) is 17.6 Å². The normalized spacial score (nSPS) is 19.5. The van der Waals surface area contributed by atoms with Crippen molar-refractivity contribution in [2.75, 3.05) is 6.54 Å². The molecule has 1 unspecified atom stereocenters. The molecule has 1 fully saturated rings. The minimum atomic E-state index is -0.581. The fraction of sp³-hybridized carbons (Fsp3) is 0.333. The highest BCUT2D eigenvalue weighted by molar-refractivity contribution is 7.10. The van der Waals surface area contributed by atoms with Crippen LogP contribution in [0.3, 0.4) is 0 Å². The summed E-state index contributed by atoms with van der Waals surface area (Å²) in [5.74, 6) is -0.175. The van der Waals surface area contributed by atoms with Crippen LogP contribution in [-0.2, 0) is 9.59 Å². The average molecular weight is 276 g/mol. The Labute approximate surface area is 113 Å². The van der Waals surface area contributed by atoms with Gasteiger partial charge in [0.1, 0.15) is 11.7 Å². The van der Waals surface area contributed by atoms with Gasteiger partial charge in [-0.05, 0) is 13.0 Å². The number of aryl methyl sites for hydroxylation is 1. The molecule has 3 rings (SSSR count). The number of aromatic nitrogens is 3. The van der Waals surface area contributed by atoms with Crippen LogP contribution in [0.1, 0.15) is 17.3 Å². The first-order valence-corrected chi connectivity index (χ1v) is 6.78. The summed E-state index contributed by atoms with van der Waals surface area (Å²) in [6.45, 7) is 2.13. The third-order valence-corrected chi connectivity index (χ3v) is 3.90. The summed E-state index contributed by atoms with van der Waals surface area (Å²) in [7, 11) is 0. The molecular weight excluding hydrogens is 264 g/mol. The summed E-state index contributed by atoms with van der Waals surface area (Å²) in [4.78, 5) is 24.3. The van der Waals surface area contributed by atoms with Gasteiger partial charge in [-0.25, -0.2) is 4.68 Å². The number of thiophene rings is 1. The summed E-state index contributed by atoms with van der Waals surface area (Å²) in [5.41, 5.74) is 1.70. The van der Waals surface area contributed by atoms with E-state index in [-0.39, 0.29) is 24.7 Å². The average Bonchev–Trinajstić information content (AvgIpc) is 3.00. The fourth-order valence-corrected chi connectivity index (χ4v) is 2.73. The lowest BCUT2D eigenvalue weighted by Crippen LogP contribution is -2.43. The smallest absolute Gasteiger partial charge is 0.245 e. The molecule has 6 nitrogen and oxygen atoms in total. The van der Waals surface area contributed by atoms with Crippen molar-refractivity contribution in [1.82, 2.24) is 20.3 Å². The molecular formula is C12H12N4O2S. The van der Waals surface area contributed by atoms with Crippen molar-refractivity contribution in [2.45, 2.75) is 19.4 Å². The third-order valence-electron chi connectivity index (χ3n) is 3.04. The van der Waals surface area contributed by atoms with E-state index in [2.05, 4.69) is 15.6 Å². The molecule has 1 aliphatic rings. The lowest BCUT2D eigenvalue weighted by Gasteiger charge is -2.20. The van der Waals surface area contributed by atoms with Crippen LogP contribution in [0.2, 0.25) is 0 Å². The lowest BCUT2D eigenvalue weighted by molar-refractivity contribution is -0.133. The maximum absolute atomic E-state index is 11.7. The summed E-state index contributed by atoms with van der Waals surface area (Å²) >= 11 is 1.63. The Hall–Kier alpha value is -2.02. The zero-order chi connectivity index (χ0) is 13.4. The minimum Gasteiger partial charge on any atom is -0.347 e. The second-order valence-corrected chi connectivity index (χ2v) is 5.62. The topological polar surface area (TPSA) is 76.9 Å². The lowest BCUT2D eigenvalue weighted by atomic mass is 10.1. The van der Waals surface area contributed by atoms with Gasteiger partial charge in [-0.2, -0.15) is 0 Å². The van der Waals surface area contributed by atoms with Crippen molar-refractivity contribution in [2.24, 2.45) is 0 Å². The zero-order valence-corrected chi connectivity index (χ0v) is 11.1. The quantitative estimate of drug-likeness (QED) is 0.885. The van der Waals surface area contributed by atoms with Crippen molar-refractivity contribution < 1.29 is 9.59 Å². The highest BCUT2D eigenvalue weighted by Crippen LogP contribution is 2.24. The molecule has 1 aliphatic heterocycles. The molecule has 1 atom stereocenters. The largest absolute Gasteiger partial charge is 0.347 e. The van der Waals surface area contributed by atoms with Crippen LogP contribution >= 0.6 is 11.3 Å². The maximum atomic E-state index is 11.7. The molecule has 19 heavy (non-hydrogen) atoms. The number of amides is 1. The number of rotatable bonds is 2. The Morgan fingerprint density at radius 1 is 1.47 bits per heavy atom. The van der Waals surface area contributed by atoms with Gasteiger partial charge in [0.25, 0.3) is 0 Å². The number of piperidine rings is 1. The molecule has 2 aromatic heterocycles. The van der Waals surface area contributed by atoms with Crippen molar-refractivity contribution in [3.05, 3.63) is 22.5 Å². The van der Waals surface area contributed by atoms with Crippen LogP contribution in [0, 0.1) is 6.92 Å². The maximum Gasteiger partial charge on any atom is 0.245 e. The first kappa shape index (κ1) is 12.0. The Bertz CT molecular complexity index is 646.